The van der Waals surface area contributed by atoms with Crippen molar-refractivity contribution in [3.05, 3.63) is 30.1 Å². The highest BCUT2D eigenvalue weighted by Gasteiger charge is 2.45. The highest BCUT2D eigenvalue weighted by atomic mass is 19.3. The van der Waals surface area contributed by atoms with Crippen LogP contribution < -0.4 is 4.74 Å². The van der Waals surface area contributed by atoms with E-state index < -0.39 is 18.6 Å². The van der Waals surface area contributed by atoms with E-state index in [0.29, 0.717) is 11.7 Å². The minimum atomic E-state index is -2.51. The number of aromatic nitrogens is 2. The number of piperidine rings is 1. The Labute approximate surface area is 168 Å². The maximum Gasteiger partial charge on any atom is 0.410 e. The number of carbonyl (C=O) groups is 1. The molecule has 0 aliphatic carbocycles. The van der Waals surface area contributed by atoms with Crippen LogP contribution in [0.25, 0.3) is 5.52 Å². The molecule has 0 saturated carbocycles. The summed E-state index contributed by atoms with van der Waals surface area (Å²) in [7, 11) is 0. The van der Waals surface area contributed by atoms with Crippen LogP contribution in [0.15, 0.2) is 24.5 Å². The van der Waals surface area contributed by atoms with Crippen molar-refractivity contribution in [2.75, 3.05) is 6.61 Å². The Morgan fingerprint density at radius 2 is 1.93 bits per heavy atom. The van der Waals surface area contributed by atoms with Gasteiger partial charge in [0.25, 0.3) is 6.43 Å². The van der Waals surface area contributed by atoms with E-state index in [4.69, 9.17) is 9.47 Å². The molecule has 0 aromatic carbocycles. The van der Waals surface area contributed by atoms with Gasteiger partial charge in [-0.25, -0.2) is 18.1 Å². The summed E-state index contributed by atoms with van der Waals surface area (Å²) in [6, 6.07) is 3.92. The summed E-state index contributed by atoms with van der Waals surface area (Å²) in [5.74, 6) is 0.670. The van der Waals surface area contributed by atoms with Gasteiger partial charge in [-0.3, -0.25) is 0 Å². The summed E-state index contributed by atoms with van der Waals surface area (Å²) in [4.78, 5) is 14.6. The SMILES string of the molecule is CC(C)(C)OC(=O)N1[C@@H]2CC[C@H]1CC(c1cnn3cc(OCC(F)F)ccc13)C2. The van der Waals surface area contributed by atoms with E-state index in [1.54, 1.807) is 16.8 Å². The zero-order chi connectivity index (χ0) is 20.8. The van der Waals surface area contributed by atoms with Crippen LogP contribution in [0.1, 0.15) is 57.9 Å². The molecule has 2 saturated heterocycles. The van der Waals surface area contributed by atoms with Crippen molar-refractivity contribution in [3.8, 4) is 5.75 Å². The molecule has 0 spiro atoms. The predicted octanol–water partition coefficient (Wildman–Crippen LogP) is 4.62. The van der Waals surface area contributed by atoms with Crippen LogP contribution in [-0.4, -0.2) is 51.3 Å². The van der Waals surface area contributed by atoms with Gasteiger partial charge in [0, 0.05) is 17.6 Å². The second-order valence-corrected chi connectivity index (χ2v) is 8.94. The minimum absolute atomic E-state index is 0.178. The van der Waals surface area contributed by atoms with E-state index in [1.165, 1.54) is 0 Å². The average Bonchev–Trinajstić information content (AvgIpc) is 3.16. The number of amides is 1. The van der Waals surface area contributed by atoms with Crippen LogP contribution in [-0.2, 0) is 4.74 Å². The average molecular weight is 407 g/mol. The van der Waals surface area contributed by atoms with Crippen LogP contribution in [0.2, 0.25) is 0 Å². The first-order valence-electron chi connectivity index (χ1n) is 10.1. The molecule has 4 rings (SSSR count). The maximum absolute atomic E-state index is 12.6. The van der Waals surface area contributed by atoms with E-state index in [1.807, 2.05) is 37.9 Å². The molecule has 2 aliphatic rings. The third kappa shape index (κ3) is 4.16. The van der Waals surface area contributed by atoms with Gasteiger partial charge in [-0.1, -0.05) is 0 Å². The molecule has 2 aliphatic heterocycles. The van der Waals surface area contributed by atoms with E-state index in [-0.39, 0.29) is 18.2 Å². The zero-order valence-corrected chi connectivity index (χ0v) is 17.0. The van der Waals surface area contributed by atoms with Gasteiger partial charge in [0.2, 0.25) is 0 Å². The Bertz CT molecular complexity index is 879. The molecule has 0 radical (unpaired) electrons. The Morgan fingerprint density at radius 3 is 2.55 bits per heavy atom. The summed E-state index contributed by atoms with van der Waals surface area (Å²) >= 11 is 0. The Hall–Kier alpha value is -2.38. The highest BCUT2D eigenvalue weighted by molar-refractivity contribution is 5.70. The van der Waals surface area contributed by atoms with Gasteiger partial charge in [-0.05, 0) is 64.5 Å². The number of rotatable bonds is 4. The smallest absolute Gasteiger partial charge is 0.410 e. The third-order valence-corrected chi connectivity index (χ3v) is 5.67. The van der Waals surface area contributed by atoms with Gasteiger partial charge in [0.15, 0.2) is 0 Å². The van der Waals surface area contributed by atoms with Crippen LogP contribution in [0.5, 0.6) is 5.75 Å². The highest BCUT2D eigenvalue weighted by Crippen LogP contribution is 2.44. The lowest BCUT2D eigenvalue weighted by Crippen LogP contribution is -2.48. The molecular formula is C21H27F2N3O3. The van der Waals surface area contributed by atoms with Crippen molar-refractivity contribution in [1.29, 1.82) is 0 Å². The van der Waals surface area contributed by atoms with Crippen molar-refractivity contribution in [2.24, 2.45) is 0 Å². The van der Waals surface area contributed by atoms with Crippen molar-refractivity contribution < 1.29 is 23.0 Å². The molecule has 0 N–H and O–H groups in total. The lowest BCUT2D eigenvalue weighted by Gasteiger charge is -2.39. The molecule has 1 unspecified atom stereocenters. The zero-order valence-electron chi connectivity index (χ0n) is 17.0. The number of hydrogen-bond donors (Lipinski definition) is 0. The van der Waals surface area contributed by atoms with Crippen molar-refractivity contribution in [1.82, 2.24) is 14.5 Å². The fourth-order valence-corrected chi connectivity index (χ4v) is 4.59. The van der Waals surface area contributed by atoms with Gasteiger partial charge in [0.05, 0.1) is 17.9 Å². The van der Waals surface area contributed by atoms with E-state index in [2.05, 4.69) is 5.10 Å². The molecule has 2 bridgehead atoms. The predicted molar refractivity (Wildman–Crippen MR) is 104 cm³/mol. The summed E-state index contributed by atoms with van der Waals surface area (Å²) in [6.07, 6.45) is 4.48. The topological polar surface area (TPSA) is 56.1 Å². The molecule has 158 valence electrons. The molecule has 2 fully saturated rings. The Balaban J connectivity index is 1.49. The molecule has 2 aromatic rings. The first-order chi connectivity index (χ1) is 13.7. The number of alkyl halides is 2. The molecule has 1 amide bonds. The monoisotopic (exact) mass is 407 g/mol. The lowest BCUT2D eigenvalue weighted by molar-refractivity contribution is 0.00589. The number of pyridine rings is 1. The van der Waals surface area contributed by atoms with Gasteiger partial charge in [0.1, 0.15) is 18.0 Å². The van der Waals surface area contributed by atoms with Crippen LogP contribution in [0.3, 0.4) is 0 Å². The maximum atomic E-state index is 12.6. The van der Waals surface area contributed by atoms with Gasteiger partial charge in [-0.15, -0.1) is 0 Å². The summed E-state index contributed by atoms with van der Waals surface area (Å²) < 4.78 is 37.1. The summed E-state index contributed by atoms with van der Waals surface area (Å²) in [5, 5.41) is 4.40. The normalized spacial score (nSPS) is 24.3. The number of halogens is 2. The van der Waals surface area contributed by atoms with Crippen LogP contribution in [0.4, 0.5) is 13.6 Å². The summed E-state index contributed by atoms with van der Waals surface area (Å²) in [6.45, 7) is 5.03. The minimum Gasteiger partial charge on any atom is -0.486 e. The first kappa shape index (κ1) is 19.9. The van der Waals surface area contributed by atoms with Crippen molar-refractivity contribution in [2.45, 2.75) is 76.5 Å². The van der Waals surface area contributed by atoms with E-state index in [9.17, 15) is 13.6 Å². The van der Waals surface area contributed by atoms with E-state index >= 15 is 0 Å². The molecule has 29 heavy (non-hydrogen) atoms. The number of hydrogen-bond acceptors (Lipinski definition) is 4. The number of carbonyl (C=O) groups excluding carboxylic acids is 1. The fourth-order valence-electron chi connectivity index (χ4n) is 4.59. The number of fused-ring (bicyclic) bond motifs is 3. The quantitative estimate of drug-likeness (QED) is 0.742. The standard InChI is InChI=1S/C21H27F2N3O3/c1-21(2,3)29-20(27)26-14-4-5-15(26)9-13(8-14)17-10-24-25-11-16(6-7-18(17)25)28-12-19(22)23/h6-7,10-11,13-15,19H,4-5,8-9,12H2,1-3H3/t13?,14-,15+. The van der Waals surface area contributed by atoms with Crippen LogP contribution >= 0.6 is 0 Å². The summed E-state index contributed by atoms with van der Waals surface area (Å²) in [5.41, 5.74) is 1.58. The molecule has 2 aromatic heterocycles. The molecule has 3 atom stereocenters. The molecule has 4 heterocycles. The molecular weight excluding hydrogens is 380 g/mol. The van der Waals surface area contributed by atoms with Gasteiger partial charge < -0.3 is 14.4 Å². The van der Waals surface area contributed by atoms with Gasteiger partial charge >= 0.3 is 6.09 Å². The fraction of sp³-hybridized carbons (Fsp3) is 0.619. The largest absolute Gasteiger partial charge is 0.486 e. The van der Waals surface area contributed by atoms with Crippen LogP contribution in [0, 0.1) is 0 Å². The molecule has 8 heteroatoms. The lowest BCUT2D eigenvalue weighted by atomic mass is 9.86. The van der Waals surface area contributed by atoms with Crippen molar-refractivity contribution >= 4 is 11.6 Å². The van der Waals surface area contributed by atoms with E-state index in [0.717, 1.165) is 36.8 Å². The first-order valence-corrected chi connectivity index (χ1v) is 10.1. The number of ether oxygens (including phenoxy) is 2. The Morgan fingerprint density at radius 1 is 1.24 bits per heavy atom. The second-order valence-electron chi connectivity index (χ2n) is 8.94. The van der Waals surface area contributed by atoms with Gasteiger partial charge in [-0.2, -0.15) is 5.10 Å². The van der Waals surface area contributed by atoms with Crippen molar-refractivity contribution in [3.63, 3.8) is 0 Å². The molecule has 6 nitrogen and oxygen atoms in total. The second kappa shape index (κ2) is 7.46. The number of nitrogens with zero attached hydrogens (tertiary/aromatic N) is 3. The third-order valence-electron chi connectivity index (χ3n) is 5.67. The Kier molecular flexibility index (Phi) is 5.12.